The van der Waals surface area contributed by atoms with Crippen LogP contribution in [0.2, 0.25) is 0 Å². The third-order valence-electron chi connectivity index (χ3n) is 3.65. The Morgan fingerprint density at radius 1 is 1.48 bits per heavy atom. The summed E-state index contributed by atoms with van der Waals surface area (Å²) in [6.07, 6.45) is 4.49. The first-order chi connectivity index (χ1) is 10.1. The summed E-state index contributed by atoms with van der Waals surface area (Å²) in [4.78, 5) is 18.6. The monoisotopic (exact) mass is 295 g/mol. The smallest absolute Gasteiger partial charge is 0.329 e. The van der Waals surface area contributed by atoms with Gasteiger partial charge in [-0.3, -0.25) is 10.1 Å². The predicted molar refractivity (Wildman–Crippen MR) is 79.3 cm³/mol. The fraction of sp³-hybridized carbons (Fsp3) is 0.692. The van der Waals surface area contributed by atoms with Crippen LogP contribution in [0.25, 0.3) is 0 Å². The molecule has 1 aliphatic carbocycles. The van der Waals surface area contributed by atoms with Crippen molar-refractivity contribution in [3.8, 4) is 0 Å². The second kappa shape index (κ2) is 7.16. The third-order valence-corrected chi connectivity index (χ3v) is 3.65. The molecule has 8 heteroatoms. The van der Waals surface area contributed by atoms with E-state index in [0.29, 0.717) is 19.0 Å². The molecule has 0 aliphatic heterocycles. The van der Waals surface area contributed by atoms with E-state index in [1.54, 1.807) is 0 Å². The van der Waals surface area contributed by atoms with E-state index in [4.69, 9.17) is 0 Å². The lowest BCUT2D eigenvalue weighted by molar-refractivity contribution is -0.384. The molecular formula is C13H21N5O3. The Morgan fingerprint density at radius 2 is 2.29 bits per heavy atom. The summed E-state index contributed by atoms with van der Waals surface area (Å²) in [5.41, 5.74) is -0.149. The largest absolute Gasteiger partial charge is 0.393 e. The number of nitrogens with zero attached hydrogens (tertiary/aromatic N) is 3. The van der Waals surface area contributed by atoms with Crippen molar-refractivity contribution in [3.63, 3.8) is 0 Å². The van der Waals surface area contributed by atoms with Gasteiger partial charge in [-0.1, -0.05) is 13.3 Å². The van der Waals surface area contributed by atoms with Crippen LogP contribution in [-0.4, -0.2) is 39.2 Å². The summed E-state index contributed by atoms with van der Waals surface area (Å²) in [7, 11) is 0. The van der Waals surface area contributed by atoms with Gasteiger partial charge in [0.05, 0.1) is 11.0 Å². The molecule has 8 nitrogen and oxygen atoms in total. The molecule has 0 spiro atoms. The molecule has 2 rings (SSSR count). The van der Waals surface area contributed by atoms with Gasteiger partial charge in [-0.2, -0.15) is 4.98 Å². The Bertz CT molecular complexity index is 497. The number of aliphatic hydroxyl groups is 1. The lowest BCUT2D eigenvalue weighted by Gasteiger charge is -2.15. The van der Waals surface area contributed by atoms with Crippen molar-refractivity contribution in [1.29, 1.82) is 0 Å². The highest BCUT2D eigenvalue weighted by Crippen LogP contribution is 2.27. The van der Waals surface area contributed by atoms with Crippen LogP contribution in [0, 0.1) is 16.0 Å². The Morgan fingerprint density at radius 3 is 2.90 bits per heavy atom. The van der Waals surface area contributed by atoms with E-state index >= 15 is 0 Å². The van der Waals surface area contributed by atoms with Crippen LogP contribution < -0.4 is 10.6 Å². The van der Waals surface area contributed by atoms with Crippen LogP contribution >= 0.6 is 0 Å². The van der Waals surface area contributed by atoms with Crippen molar-refractivity contribution in [1.82, 2.24) is 9.97 Å². The highest BCUT2D eigenvalue weighted by Gasteiger charge is 2.26. The Kier molecular flexibility index (Phi) is 5.26. The number of nitrogens with one attached hydrogen (secondary N) is 2. The average Bonchev–Trinajstić information content (AvgIpc) is 2.88. The molecule has 0 bridgehead atoms. The van der Waals surface area contributed by atoms with E-state index in [0.717, 1.165) is 25.7 Å². The molecule has 3 N–H and O–H groups in total. The van der Waals surface area contributed by atoms with Crippen molar-refractivity contribution in [2.75, 3.05) is 23.7 Å². The van der Waals surface area contributed by atoms with Crippen LogP contribution in [0.15, 0.2) is 6.20 Å². The zero-order valence-corrected chi connectivity index (χ0v) is 12.1. The van der Waals surface area contributed by atoms with Crippen molar-refractivity contribution in [2.24, 2.45) is 5.92 Å². The van der Waals surface area contributed by atoms with Crippen molar-refractivity contribution >= 4 is 17.5 Å². The van der Waals surface area contributed by atoms with Gasteiger partial charge >= 0.3 is 5.69 Å². The molecule has 0 radical (unpaired) electrons. The minimum Gasteiger partial charge on any atom is -0.393 e. The lowest BCUT2D eigenvalue weighted by atomic mass is 10.1. The molecule has 1 aliphatic rings. The van der Waals surface area contributed by atoms with E-state index in [9.17, 15) is 15.2 Å². The maximum atomic E-state index is 11.0. The summed E-state index contributed by atoms with van der Waals surface area (Å²) >= 11 is 0. The molecule has 1 heterocycles. The van der Waals surface area contributed by atoms with Crippen LogP contribution in [-0.2, 0) is 0 Å². The van der Waals surface area contributed by atoms with Crippen LogP contribution in [0.4, 0.5) is 17.5 Å². The topological polar surface area (TPSA) is 113 Å². The minimum atomic E-state index is -0.503. The van der Waals surface area contributed by atoms with Gasteiger partial charge in [-0.05, 0) is 19.3 Å². The van der Waals surface area contributed by atoms with Crippen LogP contribution in [0.3, 0.4) is 0 Å². The summed E-state index contributed by atoms with van der Waals surface area (Å²) in [5, 5.41) is 26.8. The molecule has 116 valence electrons. The average molecular weight is 295 g/mol. The van der Waals surface area contributed by atoms with E-state index in [1.165, 1.54) is 6.20 Å². The first kappa shape index (κ1) is 15.4. The molecule has 2 unspecified atom stereocenters. The third kappa shape index (κ3) is 4.01. The molecule has 0 amide bonds. The van der Waals surface area contributed by atoms with Gasteiger partial charge < -0.3 is 15.7 Å². The molecule has 21 heavy (non-hydrogen) atoms. The highest BCUT2D eigenvalue weighted by molar-refractivity contribution is 5.56. The van der Waals surface area contributed by atoms with Gasteiger partial charge in [-0.15, -0.1) is 0 Å². The summed E-state index contributed by atoms with van der Waals surface area (Å²) in [6, 6.07) is 0. The highest BCUT2D eigenvalue weighted by atomic mass is 16.6. The van der Waals surface area contributed by atoms with Crippen LogP contribution in [0.1, 0.15) is 32.6 Å². The Hall–Kier alpha value is -1.96. The molecule has 1 aromatic rings. The lowest BCUT2D eigenvalue weighted by Crippen LogP contribution is -2.23. The van der Waals surface area contributed by atoms with Crippen LogP contribution in [0.5, 0.6) is 0 Å². The number of rotatable bonds is 7. The maximum Gasteiger partial charge on any atom is 0.329 e. The van der Waals surface area contributed by atoms with E-state index in [-0.39, 0.29) is 23.5 Å². The molecule has 0 saturated heterocycles. The Labute approximate surface area is 123 Å². The van der Waals surface area contributed by atoms with Gasteiger partial charge in [-0.25, -0.2) is 4.98 Å². The maximum absolute atomic E-state index is 11.0. The summed E-state index contributed by atoms with van der Waals surface area (Å²) in [6.45, 7) is 3.20. The van der Waals surface area contributed by atoms with Crippen molar-refractivity contribution in [2.45, 2.75) is 38.7 Å². The zero-order valence-electron chi connectivity index (χ0n) is 12.1. The number of hydrogen-bond donors (Lipinski definition) is 3. The van der Waals surface area contributed by atoms with Gasteiger partial charge in [0, 0.05) is 19.0 Å². The number of aliphatic hydroxyl groups excluding tert-OH is 1. The van der Waals surface area contributed by atoms with Gasteiger partial charge in [0.2, 0.25) is 11.8 Å². The molecule has 1 fully saturated rings. The standard InChI is InChI=1S/C13H21N5O3/c1-2-6-14-13-16-8-10(18(20)21)12(17-13)15-7-9-4-3-5-11(9)19/h8-9,11,19H,2-7H2,1H3,(H2,14,15,16,17). The van der Waals surface area contributed by atoms with Gasteiger partial charge in [0.1, 0.15) is 6.20 Å². The number of anilines is 2. The zero-order chi connectivity index (χ0) is 15.2. The second-order valence-corrected chi connectivity index (χ2v) is 5.25. The fourth-order valence-corrected chi connectivity index (χ4v) is 2.44. The quantitative estimate of drug-likeness (QED) is 0.519. The fourth-order valence-electron chi connectivity index (χ4n) is 2.44. The van der Waals surface area contributed by atoms with Crippen molar-refractivity contribution < 1.29 is 10.0 Å². The van der Waals surface area contributed by atoms with Gasteiger partial charge in [0.15, 0.2) is 0 Å². The number of hydrogen-bond acceptors (Lipinski definition) is 7. The van der Waals surface area contributed by atoms with E-state index in [1.807, 2.05) is 6.92 Å². The van der Waals surface area contributed by atoms with E-state index in [2.05, 4.69) is 20.6 Å². The number of nitro groups is 1. The summed E-state index contributed by atoms with van der Waals surface area (Å²) < 4.78 is 0. The minimum absolute atomic E-state index is 0.117. The summed E-state index contributed by atoms with van der Waals surface area (Å²) in [5.74, 6) is 0.691. The first-order valence-corrected chi connectivity index (χ1v) is 7.29. The van der Waals surface area contributed by atoms with Gasteiger partial charge in [0.25, 0.3) is 0 Å². The molecule has 1 aromatic heterocycles. The Balaban J connectivity index is 2.08. The molecule has 2 atom stereocenters. The molecule has 0 aromatic carbocycles. The van der Waals surface area contributed by atoms with E-state index < -0.39 is 4.92 Å². The first-order valence-electron chi connectivity index (χ1n) is 7.29. The SMILES string of the molecule is CCCNc1ncc([N+](=O)[O-])c(NCC2CCCC2O)n1. The normalized spacial score (nSPS) is 21.2. The predicted octanol–water partition coefficient (Wildman–Crippen LogP) is 1.78. The number of aromatic nitrogens is 2. The molecular weight excluding hydrogens is 274 g/mol. The van der Waals surface area contributed by atoms with Crippen molar-refractivity contribution in [3.05, 3.63) is 16.3 Å². The molecule has 1 saturated carbocycles. The second-order valence-electron chi connectivity index (χ2n) is 5.25.